The van der Waals surface area contributed by atoms with Gasteiger partial charge in [-0.25, -0.2) is 4.98 Å². The summed E-state index contributed by atoms with van der Waals surface area (Å²) in [6.45, 7) is 3.20. The lowest BCUT2D eigenvalue weighted by molar-refractivity contribution is 0.0979. The van der Waals surface area contributed by atoms with Gasteiger partial charge in [-0.15, -0.1) is 11.3 Å². The van der Waals surface area contributed by atoms with Crippen molar-refractivity contribution in [1.82, 2.24) is 14.9 Å². The van der Waals surface area contributed by atoms with E-state index in [0.29, 0.717) is 6.10 Å². The highest BCUT2D eigenvalue weighted by Crippen LogP contribution is 2.30. The Morgan fingerprint density at radius 3 is 3.00 bits per heavy atom. The third kappa shape index (κ3) is 3.07. The number of aromatic amines is 1. The molecule has 0 amide bonds. The zero-order chi connectivity index (χ0) is 16.6. The number of benzene rings is 1. The van der Waals surface area contributed by atoms with Crippen LogP contribution >= 0.6 is 11.3 Å². The second-order valence-corrected chi connectivity index (χ2v) is 8.29. The van der Waals surface area contributed by atoms with Crippen LogP contribution in [0.15, 0.2) is 30.5 Å². The third-order valence-electron chi connectivity index (χ3n) is 5.38. The van der Waals surface area contributed by atoms with Crippen molar-refractivity contribution in [3.8, 4) is 5.75 Å². The summed E-state index contributed by atoms with van der Waals surface area (Å²) < 4.78 is 6.32. The molecule has 1 fully saturated rings. The first-order valence-corrected chi connectivity index (χ1v) is 10.1. The van der Waals surface area contributed by atoms with Gasteiger partial charge >= 0.3 is 0 Å². The van der Waals surface area contributed by atoms with Gasteiger partial charge in [-0.1, -0.05) is 6.07 Å². The fourth-order valence-electron chi connectivity index (χ4n) is 4.03. The van der Waals surface area contributed by atoms with Crippen molar-refractivity contribution in [3.63, 3.8) is 0 Å². The number of hydrogen-bond acceptors (Lipinski definition) is 4. The van der Waals surface area contributed by atoms with Gasteiger partial charge in [0.2, 0.25) is 0 Å². The van der Waals surface area contributed by atoms with Crippen LogP contribution in [0, 0.1) is 0 Å². The van der Waals surface area contributed by atoms with E-state index in [-0.39, 0.29) is 0 Å². The number of likely N-dealkylation sites (tertiary alicyclic amines) is 1. The van der Waals surface area contributed by atoms with Gasteiger partial charge in [0.25, 0.3) is 0 Å². The van der Waals surface area contributed by atoms with Crippen LogP contribution in [0.2, 0.25) is 0 Å². The molecule has 25 heavy (non-hydrogen) atoms. The fourth-order valence-corrected chi connectivity index (χ4v) is 5.23. The zero-order valence-electron chi connectivity index (χ0n) is 14.3. The summed E-state index contributed by atoms with van der Waals surface area (Å²) in [6, 6.07) is 8.34. The maximum atomic E-state index is 6.32. The number of piperidine rings is 1. The van der Waals surface area contributed by atoms with Crippen LogP contribution in [0.4, 0.5) is 0 Å². The Labute approximate surface area is 151 Å². The second kappa shape index (κ2) is 6.46. The van der Waals surface area contributed by atoms with E-state index in [9.17, 15) is 0 Å². The Hall–Kier alpha value is -1.85. The average molecular weight is 353 g/mol. The van der Waals surface area contributed by atoms with E-state index >= 15 is 0 Å². The minimum Gasteiger partial charge on any atom is -0.490 e. The van der Waals surface area contributed by atoms with E-state index < -0.39 is 0 Å². The molecule has 5 heteroatoms. The molecule has 0 atom stereocenters. The van der Waals surface area contributed by atoms with E-state index in [2.05, 4.69) is 34.1 Å². The quantitative estimate of drug-likeness (QED) is 0.766. The van der Waals surface area contributed by atoms with Crippen molar-refractivity contribution in [1.29, 1.82) is 0 Å². The molecule has 1 aliphatic heterocycles. The lowest BCUT2D eigenvalue weighted by Crippen LogP contribution is -2.37. The largest absolute Gasteiger partial charge is 0.490 e. The van der Waals surface area contributed by atoms with Crippen molar-refractivity contribution in [2.24, 2.45) is 0 Å². The molecule has 0 bridgehead atoms. The normalized spacial score (nSPS) is 18.7. The highest BCUT2D eigenvalue weighted by Gasteiger charge is 2.23. The number of fused-ring (bicyclic) bond motifs is 2. The van der Waals surface area contributed by atoms with Gasteiger partial charge in [0.1, 0.15) is 16.9 Å². The van der Waals surface area contributed by atoms with E-state index in [1.807, 2.05) is 17.5 Å². The van der Waals surface area contributed by atoms with Crippen LogP contribution in [0.25, 0.3) is 10.9 Å². The zero-order valence-corrected chi connectivity index (χ0v) is 15.1. The first kappa shape index (κ1) is 15.4. The summed E-state index contributed by atoms with van der Waals surface area (Å²) in [4.78, 5) is 12.2. The molecule has 0 unspecified atom stereocenters. The van der Waals surface area contributed by atoms with Gasteiger partial charge in [-0.3, -0.25) is 4.90 Å². The molecule has 1 aromatic carbocycles. The number of ether oxygens (including phenoxy) is 1. The Morgan fingerprint density at radius 2 is 2.12 bits per heavy atom. The number of H-pyrrole nitrogens is 1. The highest BCUT2D eigenvalue weighted by molar-refractivity contribution is 7.11. The summed E-state index contributed by atoms with van der Waals surface area (Å²) in [6.07, 6.45) is 8.20. The third-order valence-corrected chi connectivity index (χ3v) is 6.52. The summed E-state index contributed by atoms with van der Waals surface area (Å²) in [5.41, 5.74) is 2.52. The molecule has 5 rings (SSSR count). The van der Waals surface area contributed by atoms with Gasteiger partial charge in [0.05, 0.1) is 12.2 Å². The van der Waals surface area contributed by atoms with Gasteiger partial charge in [-0.05, 0) is 50.3 Å². The van der Waals surface area contributed by atoms with Crippen molar-refractivity contribution in [3.05, 3.63) is 46.0 Å². The number of aromatic nitrogens is 2. The Kier molecular flexibility index (Phi) is 3.98. The highest BCUT2D eigenvalue weighted by atomic mass is 32.1. The molecule has 2 aliphatic rings. The first-order valence-electron chi connectivity index (χ1n) is 9.28. The molecule has 1 saturated heterocycles. The Balaban J connectivity index is 1.19. The summed E-state index contributed by atoms with van der Waals surface area (Å²) >= 11 is 1.93. The Morgan fingerprint density at radius 1 is 1.20 bits per heavy atom. The molecule has 1 aliphatic carbocycles. The molecular formula is C20H23N3OS. The summed E-state index contributed by atoms with van der Waals surface area (Å²) in [7, 11) is 0. The molecule has 2 aromatic heterocycles. The lowest BCUT2D eigenvalue weighted by atomic mass is 10.1. The number of thiazole rings is 1. The van der Waals surface area contributed by atoms with Crippen molar-refractivity contribution in [2.75, 3.05) is 13.1 Å². The Bertz CT molecular complexity index is 855. The molecule has 3 aromatic rings. The maximum absolute atomic E-state index is 6.32. The van der Waals surface area contributed by atoms with Gasteiger partial charge < -0.3 is 9.72 Å². The summed E-state index contributed by atoms with van der Waals surface area (Å²) in [5.74, 6) is 1.01. The van der Waals surface area contributed by atoms with Crippen LogP contribution in [0.1, 0.15) is 34.8 Å². The van der Waals surface area contributed by atoms with E-state index in [4.69, 9.17) is 9.72 Å². The van der Waals surface area contributed by atoms with E-state index in [1.54, 1.807) is 0 Å². The average Bonchev–Trinajstić information content (AvgIpc) is 3.32. The van der Waals surface area contributed by atoms with Gasteiger partial charge in [0.15, 0.2) is 0 Å². The molecule has 4 nitrogen and oxygen atoms in total. The van der Waals surface area contributed by atoms with Crippen LogP contribution in [0.5, 0.6) is 5.75 Å². The second-order valence-electron chi connectivity index (χ2n) is 7.12. The van der Waals surface area contributed by atoms with E-state index in [0.717, 1.165) is 43.7 Å². The molecular weight excluding hydrogens is 330 g/mol. The van der Waals surface area contributed by atoms with Crippen LogP contribution in [-0.4, -0.2) is 34.1 Å². The number of nitrogens with zero attached hydrogens (tertiary/aromatic N) is 2. The molecule has 130 valence electrons. The van der Waals surface area contributed by atoms with E-state index in [1.165, 1.54) is 40.2 Å². The number of nitrogens with one attached hydrogen (secondary N) is 1. The number of rotatable bonds is 4. The SMILES string of the molecule is c1cc(OC2CCN(Cc3nc4c(s3)CCC4)CC2)c2cc[nH]c2c1. The van der Waals surface area contributed by atoms with Crippen molar-refractivity contribution in [2.45, 2.75) is 44.8 Å². The van der Waals surface area contributed by atoms with Gasteiger partial charge in [-0.2, -0.15) is 0 Å². The van der Waals surface area contributed by atoms with Crippen LogP contribution < -0.4 is 4.74 Å². The molecule has 1 N–H and O–H groups in total. The predicted molar refractivity (Wildman–Crippen MR) is 101 cm³/mol. The van der Waals surface area contributed by atoms with Gasteiger partial charge in [0, 0.05) is 35.1 Å². The molecule has 3 heterocycles. The molecule has 0 saturated carbocycles. The standard InChI is InChI=1S/C20H23N3OS/c1-3-16-15(7-10-21-16)18(5-1)24-14-8-11-23(12-9-14)13-20-22-17-4-2-6-19(17)25-20/h1,3,5,7,10,14,21H,2,4,6,8-9,11-13H2. The van der Waals surface area contributed by atoms with Crippen molar-refractivity contribution >= 4 is 22.2 Å². The smallest absolute Gasteiger partial charge is 0.129 e. The fraction of sp³-hybridized carbons (Fsp3) is 0.450. The summed E-state index contributed by atoms with van der Waals surface area (Å²) in [5, 5.41) is 2.49. The topological polar surface area (TPSA) is 41.1 Å². The van der Waals surface area contributed by atoms with Crippen LogP contribution in [0.3, 0.4) is 0 Å². The monoisotopic (exact) mass is 353 g/mol. The van der Waals surface area contributed by atoms with Crippen LogP contribution in [-0.2, 0) is 19.4 Å². The minimum atomic E-state index is 0.318. The number of hydrogen-bond donors (Lipinski definition) is 1. The maximum Gasteiger partial charge on any atom is 0.129 e. The number of aryl methyl sites for hydroxylation is 2. The molecule has 0 radical (unpaired) electrons. The molecule has 0 spiro atoms. The first-order chi connectivity index (χ1) is 12.3. The van der Waals surface area contributed by atoms with Crippen molar-refractivity contribution < 1.29 is 4.74 Å². The lowest BCUT2D eigenvalue weighted by Gasteiger charge is -2.31. The minimum absolute atomic E-state index is 0.318. The predicted octanol–water partition coefficient (Wildman–Crippen LogP) is 4.16.